The first-order valence-electron chi connectivity index (χ1n) is 5.40. The molecule has 2 aromatic rings. The number of thiazole rings is 1. The highest BCUT2D eigenvalue weighted by Crippen LogP contribution is 2.17. The molecule has 100 valence electrons. The van der Waals surface area contributed by atoms with Crippen molar-refractivity contribution in [2.75, 3.05) is 6.54 Å². The summed E-state index contributed by atoms with van der Waals surface area (Å²) in [5.74, 6) is -1.11. The van der Waals surface area contributed by atoms with Crippen molar-refractivity contribution >= 4 is 23.2 Å². The molecule has 19 heavy (non-hydrogen) atoms. The zero-order valence-corrected chi connectivity index (χ0v) is 11.2. The molecule has 0 bridgehead atoms. The number of hydrogen-bond donors (Lipinski definition) is 2. The Labute approximate surface area is 112 Å². The second-order valence-corrected chi connectivity index (χ2v) is 5.05. The van der Waals surface area contributed by atoms with Crippen LogP contribution in [0.2, 0.25) is 0 Å². The molecule has 0 aliphatic carbocycles. The number of amides is 2. The first kappa shape index (κ1) is 13.1. The summed E-state index contributed by atoms with van der Waals surface area (Å²) in [5, 5.41) is 10.7. The van der Waals surface area contributed by atoms with E-state index in [0.717, 1.165) is 4.88 Å². The Balaban J connectivity index is 2.23. The minimum Gasteiger partial charge on any atom is -0.368 e. The van der Waals surface area contributed by atoms with Crippen molar-refractivity contribution in [3.8, 4) is 5.13 Å². The van der Waals surface area contributed by atoms with Gasteiger partial charge in [-0.3, -0.25) is 9.59 Å². The molecule has 0 spiro atoms. The Kier molecular flexibility index (Phi) is 3.56. The average molecular weight is 280 g/mol. The average Bonchev–Trinajstić information content (AvgIpc) is 2.92. The van der Waals surface area contributed by atoms with Crippen LogP contribution in [0.4, 0.5) is 0 Å². The number of hydrogen-bond acceptors (Lipinski definition) is 6. The number of primary amides is 1. The maximum absolute atomic E-state index is 11.8. The fourth-order valence-corrected chi connectivity index (χ4v) is 2.17. The summed E-state index contributed by atoms with van der Waals surface area (Å²) in [6.07, 6.45) is 1.72. The highest BCUT2D eigenvalue weighted by molar-refractivity contribution is 7.13. The molecule has 0 unspecified atom stereocenters. The summed E-state index contributed by atoms with van der Waals surface area (Å²) >= 11 is 1.44. The largest absolute Gasteiger partial charge is 0.368 e. The molecule has 0 saturated heterocycles. The lowest BCUT2D eigenvalue weighted by molar-refractivity contribution is -0.117. The molecule has 0 aliphatic heterocycles. The molecule has 0 radical (unpaired) electrons. The van der Waals surface area contributed by atoms with E-state index < -0.39 is 11.8 Å². The third kappa shape index (κ3) is 2.76. The van der Waals surface area contributed by atoms with E-state index in [9.17, 15) is 9.59 Å². The SMILES string of the molecule is Cc1cnc(-n2nnc(C(=O)NCC(N)=O)c2C)s1. The zero-order chi connectivity index (χ0) is 14.0. The molecule has 0 aliphatic rings. The summed E-state index contributed by atoms with van der Waals surface area (Å²) in [6, 6.07) is 0. The van der Waals surface area contributed by atoms with Gasteiger partial charge in [-0.2, -0.15) is 4.68 Å². The van der Waals surface area contributed by atoms with Crippen LogP contribution in [0.25, 0.3) is 5.13 Å². The van der Waals surface area contributed by atoms with Crippen LogP contribution in [0, 0.1) is 13.8 Å². The minimum atomic E-state index is -0.617. The number of aromatic nitrogens is 4. The third-order valence-corrected chi connectivity index (χ3v) is 3.21. The van der Waals surface area contributed by atoms with Gasteiger partial charge in [0, 0.05) is 11.1 Å². The summed E-state index contributed by atoms with van der Waals surface area (Å²) in [7, 11) is 0. The summed E-state index contributed by atoms with van der Waals surface area (Å²) in [4.78, 5) is 27.6. The van der Waals surface area contributed by atoms with Gasteiger partial charge < -0.3 is 11.1 Å². The fourth-order valence-electron chi connectivity index (χ4n) is 1.41. The predicted molar refractivity (Wildman–Crippen MR) is 68.0 cm³/mol. The van der Waals surface area contributed by atoms with Gasteiger partial charge in [-0.25, -0.2) is 4.98 Å². The van der Waals surface area contributed by atoms with E-state index in [2.05, 4.69) is 20.6 Å². The van der Waals surface area contributed by atoms with Crippen LogP contribution in [0.15, 0.2) is 6.20 Å². The normalized spacial score (nSPS) is 10.4. The smallest absolute Gasteiger partial charge is 0.274 e. The monoisotopic (exact) mass is 280 g/mol. The summed E-state index contributed by atoms with van der Waals surface area (Å²) in [5.41, 5.74) is 5.65. The first-order chi connectivity index (χ1) is 8.99. The van der Waals surface area contributed by atoms with E-state index in [-0.39, 0.29) is 12.2 Å². The Morgan fingerprint density at radius 1 is 1.47 bits per heavy atom. The number of carbonyl (C=O) groups is 2. The molecular formula is C10H12N6O2S. The van der Waals surface area contributed by atoms with Gasteiger partial charge in [0.25, 0.3) is 5.91 Å². The second-order valence-electron chi connectivity index (χ2n) is 3.84. The van der Waals surface area contributed by atoms with Gasteiger partial charge in [0.15, 0.2) is 5.69 Å². The Morgan fingerprint density at radius 3 is 2.79 bits per heavy atom. The Hall–Kier alpha value is -2.29. The van der Waals surface area contributed by atoms with E-state index in [4.69, 9.17) is 5.73 Å². The van der Waals surface area contributed by atoms with Gasteiger partial charge in [-0.05, 0) is 13.8 Å². The van der Waals surface area contributed by atoms with Crippen LogP contribution >= 0.6 is 11.3 Å². The van der Waals surface area contributed by atoms with Crippen LogP contribution in [-0.2, 0) is 4.79 Å². The number of aryl methyl sites for hydroxylation is 1. The lowest BCUT2D eigenvalue weighted by Crippen LogP contribution is -2.33. The zero-order valence-electron chi connectivity index (χ0n) is 10.4. The van der Waals surface area contributed by atoms with Crippen molar-refractivity contribution in [1.82, 2.24) is 25.3 Å². The van der Waals surface area contributed by atoms with E-state index >= 15 is 0 Å². The molecule has 9 heteroatoms. The number of nitrogens with one attached hydrogen (secondary N) is 1. The van der Waals surface area contributed by atoms with Gasteiger partial charge in [-0.15, -0.1) is 16.4 Å². The van der Waals surface area contributed by atoms with Crippen molar-refractivity contribution in [3.05, 3.63) is 22.5 Å². The molecule has 2 aromatic heterocycles. The Morgan fingerprint density at radius 2 is 2.21 bits per heavy atom. The highest BCUT2D eigenvalue weighted by atomic mass is 32.1. The molecule has 0 aromatic carbocycles. The van der Waals surface area contributed by atoms with Gasteiger partial charge in [-0.1, -0.05) is 5.21 Å². The van der Waals surface area contributed by atoms with Crippen molar-refractivity contribution < 1.29 is 9.59 Å². The van der Waals surface area contributed by atoms with E-state index in [1.54, 1.807) is 13.1 Å². The molecule has 8 nitrogen and oxygen atoms in total. The summed E-state index contributed by atoms with van der Waals surface area (Å²) in [6.45, 7) is 3.39. The van der Waals surface area contributed by atoms with E-state index in [1.165, 1.54) is 16.0 Å². The second kappa shape index (κ2) is 5.14. The molecule has 0 fully saturated rings. The number of nitrogens with zero attached hydrogens (tertiary/aromatic N) is 4. The van der Waals surface area contributed by atoms with Gasteiger partial charge in [0.1, 0.15) is 0 Å². The molecule has 0 atom stereocenters. The van der Waals surface area contributed by atoms with E-state index in [0.29, 0.717) is 10.8 Å². The van der Waals surface area contributed by atoms with Crippen molar-refractivity contribution in [2.24, 2.45) is 5.73 Å². The quantitative estimate of drug-likeness (QED) is 0.787. The Bertz CT molecular complexity index is 632. The van der Waals surface area contributed by atoms with Crippen molar-refractivity contribution in [1.29, 1.82) is 0 Å². The van der Waals surface area contributed by atoms with Crippen LogP contribution in [0.5, 0.6) is 0 Å². The highest BCUT2D eigenvalue weighted by Gasteiger charge is 2.18. The molecule has 3 N–H and O–H groups in total. The van der Waals surface area contributed by atoms with Crippen LogP contribution in [0.1, 0.15) is 21.1 Å². The van der Waals surface area contributed by atoms with Gasteiger partial charge in [0.05, 0.1) is 12.2 Å². The molecule has 2 heterocycles. The predicted octanol–water partition coefficient (Wildman–Crippen LogP) is -0.444. The lowest BCUT2D eigenvalue weighted by Gasteiger charge is -2.01. The first-order valence-corrected chi connectivity index (χ1v) is 6.22. The third-order valence-electron chi connectivity index (χ3n) is 2.32. The van der Waals surface area contributed by atoms with Crippen LogP contribution in [0.3, 0.4) is 0 Å². The van der Waals surface area contributed by atoms with Crippen LogP contribution < -0.4 is 11.1 Å². The maximum Gasteiger partial charge on any atom is 0.274 e. The number of nitrogens with two attached hydrogens (primary N) is 1. The minimum absolute atomic E-state index is 0.147. The summed E-state index contributed by atoms with van der Waals surface area (Å²) < 4.78 is 1.48. The number of carbonyl (C=O) groups excluding carboxylic acids is 2. The topological polar surface area (TPSA) is 116 Å². The van der Waals surface area contributed by atoms with Crippen LogP contribution in [-0.4, -0.2) is 38.3 Å². The van der Waals surface area contributed by atoms with E-state index in [1.807, 2.05) is 6.92 Å². The fraction of sp³-hybridized carbons (Fsp3) is 0.300. The molecule has 2 amide bonds. The standard InChI is InChI=1S/C10H12N6O2S/c1-5-3-13-10(19-5)16-6(2)8(14-15-16)9(18)12-4-7(11)17/h3H,4H2,1-2H3,(H2,11,17)(H,12,18). The van der Waals surface area contributed by atoms with Gasteiger partial charge in [0.2, 0.25) is 11.0 Å². The molecule has 2 rings (SSSR count). The lowest BCUT2D eigenvalue weighted by atomic mass is 10.3. The van der Waals surface area contributed by atoms with Gasteiger partial charge >= 0.3 is 0 Å². The maximum atomic E-state index is 11.8. The molecular weight excluding hydrogens is 268 g/mol. The van der Waals surface area contributed by atoms with Crippen molar-refractivity contribution in [2.45, 2.75) is 13.8 Å². The molecule has 0 saturated carbocycles. The van der Waals surface area contributed by atoms with Crippen molar-refractivity contribution in [3.63, 3.8) is 0 Å². The number of rotatable bonds is 4.